The molecule has 3 aliphatic rings. The number of aromatic nitrogens is 1. The minimum Gasteiger partial charge on any atom is -0.489 e. The van der Waals surface area contributed by atoms with Crippen LogP contribution in [0.15, 0.2) is 82.7 Å². The molecule has 0 radical (unpaired) electrons. The highest BCUT2D eigenvalue weighted by atomic mass is 35.5. The fourth-order valence-corrected chi connectivity index (χ4v) is 6.73. The standard InChI is InChI=1S/C36H34ClN5O5/c1-41-13-10-24(11-14-41)42-35(45)26-15-23-17-31(40-30(23)18-27(26)36(42)46)33-29(9-12-38-34(33)44)39-19-25(43)20-47-32-8-7-22(16-28(32)37)21-5-3-2-4-6-21/h2-9,12,15-16,18,24-25,43H,10-11,13-14,17,19-20H2,1H3,(H2,38,39,44). The number of aromatic amines is 1. The third kappa shape index (κ3) is 6.07. The summed E-state index contributed by atoms with van der Waals surface area (Å²) in [5, 5.41) is 14.3. The third-order valence-corrected chi connectivity index (χ3v) is 9.33. The van der Waals surface area contributed by atoms with Crippen LogP contribution < -0.4 is 15.6 Å². The van der Waals surface area contributed by atoms with Crippen LogP contribution in [0.3, 0.4) is 0 Å². The van der Waals surface area contributed by atoms with Gasteiger partial charge in [-0.25, -0.2) is 0 Å². The molecule has 1 saturated heterocycles. The molecule has 4 aromatic rings. The summed E-state index contributed by atoms with van der Waals surface area (Å²) in [4.78, 5) is 50.9. The largest absolute Gasteiger partial charge is 0.489 e. The van der Waals surface area contributed by atoms with Crippen LogP contribution in [-0.4, -0.2) is 82.9 Å². The molecule has 0 aliphatic carbocycles. The summed E-state index contributed by atoms with van der Waals surface area (Å²) >= 11 is 6.47. The van der Waals surface area contributed by atoms with E-state index in [4.69, 9.17) is 21.3 Å². The molecule has 11 heteroatoms. The first-order chi connectivity index (χ1) is 22.8. The monoisotopic (exact) mass is 651 g/mol. The molecule has 0 spiro atoms. The van der Waals surface area contributed by atoms with Gasteiger partial charge in [0.1, 0.15) is 18.5 Å². The van der Waals surface area contributed by atoms with Gasteiger partial charge in [0.05, 0.1) is 38.8 Å². The topological polar surface area (TPSA) is 127 Å². The van der Waals surface area contributed by atoms with Crippen LogP contribution in [0, 0.1) is 0 Å². The molecule has 7 rings (SSSR count). The smallest absolute Gasteiger partial charge is 0.261 e. The first-order valence-electron chi connectivity index (χ1n) is 15.7. The number of halogens is 1. The summed E-state index contributed by atoms with van der Waals surface area (Å²) in [5.74, 6) is -0.0884. The number of aliphatic imine (C=N–C) groups is 1. The molecular formula is C36H34ClN5O5. The molecule has 4 heterocycles. The van der Waals surface area contributed by atoms with Crippen molar-refractivity contribution >= 4 is 40.5 Å². The van der Waals surface area contributed by atoms with Gasteiger partial charge >= 0.3 is 0 Å². The number of imide groups is 1. The second kappa shape index (κ2) is 12.8. The number of fused-ring (bicyclic) bond motifs is 2. The van der Waals surface area contributed by atoms with Crippen molar-refractivity contribution < 1.29 is 19.4 Å². The molecule has 1 aromatic heterocycles. The van der Waals surface area contributed by atoms with Gasteiger partial charge in [-0.1, -0.05) is 48.0 Å². The zero-order valence-corrected chi connectivity index (χ0v) is 26.6. The Morgan fingerprint density at radius 3 is 2.49 bits per heavy atom. The van der Waals surface area contributed by atoms with Crippen molar-refractivity contribution in [2.45, 2.75) is 31.4 Å². The van der Waals surface area contributed by atoms with Crippen LogP contribution in [0.2, 0.25) is 5.02 Å². The lowest BCUT2D eigenvalue weighted by Gasteiger charge is -2.33. The number of amides is 2. The summed E-state index contributed by atoms with van der Waals surface area (Å²) < 4.78 is 5.81. The Labute approximate surface area is 276 Å². The maximum atomic E-state index is 13.4. The normalized spacial score (nSPS) is 17.0. The van der Waals surface area contributed by atoms with Gasteiger partial charge in [0.15, 0.2) is 0 Å². The number of hydrogen-bond donors (Lipinski definition) is 3. The lowest BCUT2D eigenvalue weighted by molar-refractivity contribution is 0.0516. The van der Waals surface area contributed by atoms with Crippen LogP contribution in [0.5, 0.6) is 5.75 Å². The first-order valence-corrected chi connectivity index (χ1v) is 16.1. The van der Waals surface area contributed by atoms with Crippen LogP contribution in [0.4, 0.5) is 11.4 Å². The summed E-state index contributed by atoms with van der Waals surface area (Å²) in [6.07, 6.45) is 2.45. The van der Waals surface area contributed by atoms with E-state index in [2.05, 4.69) is 15.2 Å². The second-order valence-corrected chi connectivity index (χ2v) is 12.6. The number of aliphatic hydroxyl groups is 1. The van der Waals surface area contributed by atoms with Crippen molar-refractivity contribution in [2.75, 3.05) is 38.6 Å². The van der Waals surface area contributed by atoms with Crippen LogP contribution in [0.25, 0.3) is 11.1 Å². The lowest BCUT2D eigenvalue weighted by Crippen LogP contribution is -2.46. The molecule has 10 nitrogen and oxygen atoms in total. The third-order valence-electron chi connectivity index (χ3n) is 9.03. The Hall–Kier alpha value is -4.77. The number of likely N-dealkylation sites (tertiary alicyclic amines) is 1. The lowest BCUT2D eigenvalue weighted by atomic mass is 10.00. The summed E-state index contributed by atoms with van der Waals surface area (Å²) in [6.45, 7) is 1.75. The number of benzene rings is 3. The second-order valence-electron chi connectivity index (χ2n) is 12.2. The number of nitrogens with one attached hydrogen (secondary N) is 2. The average Bonchev–Trinajstić information content (AvgIpc) is 3.59. The fourth-order valence-electron chi connectivity index (χ4n) is 6.49. The van der Waals surface area contributed by atoms with E-state index < -0.39 is 6.10 Å². The highest BCUT2D eigenvalue weighted by Gasteiger charge is 2.42. The molecular weight excluding hydrogens is 618 g/mol. The van der Waals surface area contributed by atoms with E-state index in [0.29, 0.717) is 51.0 Å². The molecule has 2 amide bonds. The van der Waals surface area contributed by atoms with Gasteiger partial charge in [-0.15, -0.1) is 0 Å². The molecule has 1 atom stereocenters. The predicted octanol–water partition coefficient (Wildman–Crippen LogP) is 4.91. The Bertz CT molecular complexity index is 1950. The summed E-state index contributed by atoms with van der Waals surface area (Å²) in [6, 6.07) is 20.4. The van der Waals surface area contributed by atoms with E-state index in [9.17, 15) is 19.5 Å². The number of hydrogen-bond acceptors (Lipinski definition) is 8. The molecule has 3 N–H and O–H groups in total. The number of nitrogens with zero attached hydrogens (tertiary/aromatic N) is 3. The number of pyridine rings is 1. The van der Waals surface area contributed by atoms with Crippen LogP contribution in [0.1, 0.15) is 44.7 Å². The van der Waals surface area contributed by atoms with Gasteiger partial charge in [-0.05, 0) is 80.0 Å². The van der Waals surface area contributed by atoms with E-state index in [1.807, 2.05) is 49.5 Å². The number of aliphatic hydroxyl groups excluding tert-OH is 1. The Kier molecular flexibility index (Phi) is 8.40. The van der Waals surface area contributed by atoms with Gasteiger partial charge in [-0.2, -0.15) is 0 Å². The van der Waals surface area contributed by atoms with Gasteiger partial charge in [0, 0.05) is 25.2 Å². The van der Waals surface area contributed by atoms with Crippen molar-refractivity contribution in [2.24, 2.45) is 4.99 Å². The minimum atomic E-state index is -0.915. The molecule has 3 aliphatic heterocycles. The fraction of sp³-hybridized carbons (Fsp3) is 0.278. The van der Waals surface area contributed by atoms with Crippen molar-refractivity contribution in [1.82, 2.24) is 14.8 Å². The number of anilines is 1. The SMILES string of the molecule is CN1CCC(N2C(=O)c3cc4c(cc3C2=O)N=C(c2c(NCC(O)COc3ccc(-c5ccccc5)cc3Cl)cc[nH]c2=O)C4)CC1. The minimum absolute atomic E-state index is 0.0233. The Morgan fingerprint density at radius 2 is 1.74 bits per heavy atom. The van der Waals surface area contributed by atoms with Gasteiger partial charge in [0.2, 0.25) is 0 Å². The summed E-state index contributed by atoms with van der Waals surface area (Å²) in [5.41, 5.74) is 5.10. The zero-order chi connectivity index (χ0) is 32.7. The van der Waals surface area contributed by atoms with E-state index in [1.54, 1.807) is 24.3 Å². The van der Waals surface area contributed by atoms with Crippen molar-refractivity contribution in [3.63, 3.8) is 0 Å². The molecule has 47 heavy (non-hydrogen) atoms. The zero-order valence-electron chi connectivity index (χ0n) is 25.8. The van der Waals surface area contributed by atoms with E-state index in [0.717, 1.165) is 42.6 Å². The molecule has 1 fully saturated rings. The number of piperidine rings is 1. The van der Waals surface area contributed by atoms with E-state index >= 15 is 0 Å². The molecule has 0 bridgehead atoms. The molecule has 0 saturated carbocycles. The number of H-pyrrole nitrogens is 1. The number of carbonyl (C=O) groups excluding carboxylic acids is 2. The van der Waals surface area contributed by atoms with Gasteiger partial charge in [0.25, 0.3) is 17.4 Å². The molecule has 3 aromatic carbocycles. The number of rotatable bonds is 9. The maximum Gasteiger partial charge on any atom is 0.261 e. The first kappa shape index (κ1) is 30.9. The predicted molar refractivity (Wildman–Crippen MR) is 181 cm³/mol. The quantitative estimate of drug-likeness (QED) is 0.219. The highest BCUT2D eigenvalue weighted by Crippen LogP contribution is 2.37. The van der Waals surface area contributed by atoms with E-state index in [1.165, 1.54) is 11.1 Å². The van der Waals surface area contributed by atoms with Crippen molar-refractivity contribution in [3.05, 3.63) is 111 Å². The van der Waals surface area contributed by atoms with Crippen molar-refractivity contribution in [3.8, 4) is 16.9 Å². The Balaban J connectivity index is 1.02. The molecule has 1 unspecified atom stereocenters. The maximum absolute atomic E-state index is 13.4. The van der Waals surface area contributed by atoms with E-state index in [-0.39, 0.29) is 36.6 Å². The van der Waals surface area contributed by atoms with Crippen molar-refractivity contribution in [1.29, 1.82) is 0 Å². The number of ether oxygens (including phenoxy) is 1. The van der Waals surface area contributed by atoms with Crippen LogP contribution >= 0.6 is 11.6 Å². The average molecular weight is 652 g/mol. The highest BCUT2D eigenvalue weighted by molar-refractivity contribution is 6.32. The Morgan fingerprint density at radius 1 is 1.00 bits per heavy atom. The summed E-state index contributed by atoms with van der Waals surface area (Å²) in [7, 11) is 2.04. The molecule has 240 valence electrons. The van der Waals surface area contributed by atoms with Crippen LogP contribution in [-0.2, 0) is 6.42 Å². The van der Waals surface area contributed by atoms with Gasteiger partial charge in [-0.3, -0.25) is 24.3 Å². The number of carbonyl (C=O) groups is 2. The van der Waals surface area contributed by atoms with Gasteiger partial charge < -0.3 is 25.0 Å².